The van der Waals surface area contributed by atoms with E-state index in [1.54, 1.807) is 0 Å². The van der Waals surface area contributed by atoms with Gasteiger partial charge in [-0.15, -0.1) is 0 Å². The van der Waals surface area contributed by atoms with Gasteiger partial charge in [0.1, 0.15) is 0 Å². The predicted molar refractivity (Wildman–Crippen MR) is 196 cm³/mol. The monoisotopic (exact) mass is 754 g/mol. The zero-order chi connectivity index (χ0) is 30.1. The van der Waals surface area contributed by atoms with E-state index in [2.05, 4.69) is 131 Å². The third-order valence-electron chi connectivity index (χ3n) is 6.36. The third kappa shape index (κ3) is 10.9. The highest BCUT2D eigenvalue weighted by Gasteiger charge is 2.11. The molecule has 6 rings (SSSR count). The Morgan fingerprint density at radius 3 is 1.14 bits per heavy atom. The number of hydrogen-bond acceptors (Lipinski definition) is 2. The van der Waals surface area contributed by atoms with Crippen molar-refractivity contribution in [2.75, 3.05) is 10.2 Å². The smallest absolute Gasteiger partial charge is 0.0492 e. The fraction of sp³-hybridized carbons (Fsp3) is 0.0526. The molecule has 0 saturated carbocycles. The van der Waals surface area contributed by atoms with Crippen LogP contribution in [-0.4, -0.2) is 0 Å². The van der Waals surface area contributed by atoms with E-state index < -0.39 is 0 Å². The minimum atomic E-state index is 0.829. The molecule has 5 heteroatoms. The van der Waals surface area contributed by atoms with E-state index in [1.165, 1.54) is 27.0 Å². The molecule has 216 valence electrons. The van der Waals surface area contributed by atoms with Crippen LogP contribution >= 0.6 is 47.8 Å². The SMILES string of the molecule is BrCc1ccccc1Br.Brc1ccccc1CN(c1ccccc1)c1ccccc1.c1ccc(Nc2ccccc2)cc1. The second-order valence-corrected chi connectivity index (χ2v) is 11.7. The van der Waals surface area contributed by atoms with Crippen molar-refractivity contribution in [3.05, 3.63) is 190 Å². The maximum atomic E-state index is 3.64. The van der Waals surface area contributed by atoms with Gasteiger partial charge >= 0.3 is 0 Å². The van der Waals surface area contributed by atoms with Crippen LogP contribution in [0.1, 0.15) is 11.1 Å². The van der Waals surface area contributed by atoms with Crippen LogP contribution in [0.2, 0.25) is 0 Å². The molecule has 0 radical (unpaired) electrons. The lowest BCUT2D eigenvalue weighted by Crippen LogP contribution is -2.16. The van der Waals surface area contributed by atoms with Crippen LogP contribution in [0.15, 0.2) is 179 Å². The van der Waals surface area contributed by atoms with Gasteiger partial charge in [-0.2, -0.15) is 0 Å². The maximum Gasteiger partial charge on any atom is 0.0492 e. The molecule has 0 unspecified atom stereocenters. The molecule has 0 atom stereocenters. The molecule has 43 heavy (non-hydrogen) atoms. The van der Waals surface area contributed by atoms with E-state index in [-0.39, 0.29) is 0 Å². The summed E-state index contributed by atoms with van der Waals surface area (Å²) < 4.78 is 2.31. The molecular weight excluding hydrogens is 724 g/mol. The summed E-state index contributed by atoms with van der Waals surface area (Å²) in [6, 6.07) is 57.8. The number of nitrogens with one attached hydrogen (secondary N) is 1. The molecule has 0 aromatic heterocycles. The molecule has 6 aromatic rings. The van der Waals surface area contributed by atoms with Gasteiger partial charge in [-0.3, -0.25) is 0 Å². The van der Waals surface area contributed by atoms with E-state index in [1.807, 2.05) is 97.1 Å². The highest BCUT2D eigenvalue weighted by atomic mass is 79.9. The molecule has 0 fully saturated rings. The van der Waals surface area contributed by atoms with Crippen LogP contribution in [0.3, 0.4) is 0 Å². The van der Waals surface area contributed by atoms with Crippen molar-refractivity contribution in [1.29, 1.82) is 0 Å². The molecule has 2 nitrogen and oxygen atoms in total. The first-order valence-corrected chi connectivity index (χ1v) is 16.6. The third-order valence-corrected chi connectivity index (χ3v) is 8.51. The average molecular weight is 757 g/mol. The minimum absolute atomic E-state index is 0.829. The molecule has 1 N–H and O–H groups in total. The van der Waals surface area contributed by atoms with Crippen molar-refractivity contribution in [1.82, 2.24) is 0 Å². The minimum Gasteiger partial charge on any atom is -0.356 e. The van der Waals surface area contributed by atoms with Gasteiger partial charge in [0, 0.05) is 43.6 Å². The number of benzene rings is 6. The number of rotatable bonds is 7. The van der Waals surface area contributed by atoms with Crippen molar-refractivity contribution in [3.63, 3.8) is 0 Å². The van der Waals surface area contributed by atoms with E-state index in [0.29, 0.717) is 0 Å². The Morgan fingerprint density at radius 2 is 0.767 bits per heavy atom. The first-order chi connectivity index (χ1) is 21.1. The van der Waals surface area contributed by atoms with Crippen LogP contribution in [0.4, 0.5) is 22.7 Å². The van der Waals surface area contributed by atoms with E-state index in [9.17, 15) is 0 Å². The molecule has 0 heterocycles. The highest BCUT2D eigenvalue weighted by Crippen LogP contribution is 2.29. The van der Waals surface area contributed by atoms with E-state index in [4.69, 9.17) is 0 Å². The van der Waals surface area contributed by atoms with Gasteiger partial charge in [-0.05, 0) is 71.8 Å². The Kier molecular flexibility index (Phi) is 13.6. The highest BCUT2D eigenvalue weighted by molar-refractivity contribution is 9.11. The topological polar surface area (TPSA) is 15.3 Å². The maximum absolute atomic E-state index is 3.64. The van der Waals surface area contributed by atoms with Gasteiger partial charge < -0.3 is 10.2 Å². The normalized spacial score (nSPS) is 9.93. The standard InChI is InChI=1S/C19H16BrN.C12H11N.C7H6Br2/c20-19-14-8-7-9-16(19)15-21(17-10-3-1-4-11-17)18-12-5-2-6-13-18;1-3-7-11(8-4-1)13-12-9-5-2-6-10-12;8-5-6-3-1-2-4-7(6)9/h1-14H,15H2;1-10,13H;1-4H,5H2. The zero-order valence-corrected chi connectivity index (χ0v) is 28.4. The van der Waals surface area contributed by atoms with Crippen molar-refractivity contribution in [2.24, 2.45) is 0 Å². The van der Waals surface area contributed by atoms with Crippen LogP contribution in [0.5, 0.6) is 0 Å². The van der Waals surface area contributed by atoms with Crippen LogP contribution in [0, 0.1) is 0 Å². The Balaban J connectivity index is 0.000000163. The second-order valence-electron chi connectivity index (χ2n) is 9.43. The molecule has 0 aliphatic heterocycles. The summed E-state index contributed by atoms with van der Waals surface area (Å²) in [5, 5.41) is 4.22. The molecule has 0 aliphatic rings. The number of hydrogen-bond donors (Lipinski definition) is 1. The van der Waals surface area contributed by atoms with Gasteiger partial charge in [-0.25, -0.2) is 0 Å². The van der Waals surface area contributed by atoms with Gasteiger partial charge in [0.05, 0.1) is 0 Å². The first-order valence-electron chi connectivity index (χ1n) is 13.9. The van der Waals surface area contributed by atoms with Crippen molar-refractivity contribution < 1.29 is 0 Å². The number of nitrogens with zero attached hydrogens (tertiary/aromatic N) is 1. The summed E-state index contributed by atoms with van der Waals surface area (Å²) in [6.07, 6.45) is 0. The molecule has 0 saturated heterocycles. The van der Waals surface area contributed by atoms with Crippen molar-refractivity contribution in [3.8, 4) is 0 Å². The molecular formula is C38H33Br3N2. The quantitative estimate of drug-likeness (QED) is 0.163. The molecule has 0 spiro atoms. The van der Waals surface area contributed by atoms with Gasteiger partial charge in [0.2, 0.25) is 0 Å². The average Bonchev–Trinajstić information content (AvgIpc) is 3.07. The van der Waals surface area contributed by atoms with Crippen LogP contribution in [0.25, 0.3) is 0 Å². The van der Waals surface area contributed by atoms with E-state index in [0.717, 1.165) is 27.7 Å². The molecule has 0 amide bonds. The largest absolute Gasteiger partial charge is 0.356 e. The lowest BCUT2D eigenvalue weighted by molar-refractivity contribution is 0.969. The van der Waals surface area contributed by atoms with E-state index >= 15 is 0 Å². The Hall–Kier alpha value is -3.64. The summed E-state index contributed by atoms with van der Waals surface area (Å²) in [5.74, 6) is 0. The summed E-state index contributed by atoms with van der Waals surface area (Å²) in [4.78, 5) is 2.32. The Morgan fingerprint density at radius 1 is 0.419 bits per heavy atom. The molecule has 0 bridgehead atoms. The summed E-state index contributed by atoms with van der Waals surface area (Å²) >= 11 is 10.4. The van der Waals surface area contributed by atoms with Crippen molar-refractivity contribution >= 4 is 70.5 Å². The number of halogens is 3. The first kappa shape index (κ1) is 32.3. The Bertz CT molecular complexity index is 1540. The fourth-order valence-electron chi connectivity index (χ4n) is 4.16. The van der Waals surface area contributed by atoms with Gasteiger partial charge in [0.25, 0.3) is 0 Å². The molecule has 0 aliphatic carbocycles. The number of para-hydroxylation sites is 4. The number of alkyl halides is 1. The van der Waals surface area contributed by atoms with Crippen LogP contribution in [-0.2, 0) is 11.9 Å². The summed E-state index contributed by atoms with van der Waals surface area (Å²) in [5.41, 5.74) is 7.18. The summed E-state index contributed by atoms with van der Waals surface area (Å²) in [7, 11) is 0. The second kappa shape index (κ2) is 18.1. The lowest BCUT2D eigenvalue weighted by Gasteiger charge is -2.25. The fourth-order valence-corrected chi connectivity index (χ4v) is 5.86. The van der Waals surface area contributed by atoms with Gasteiger partial charge in [0.15, 0.2) is 0 Å². The predicted octanol–water partition coefficient (Wildman–Crippen LogP) is 12.6. The molecule has 6 aromatic carbocycles. The summed E-state index contributed by atoms with van der Waals surface area (Å²) in [6.45, 7) is 0.829. The van der Waals surface area contributed by atoms with Gasteiger partial charge in [-0.1, -0.05) is 157 Å². The van der Waals surface area contributed by atoms with Crippen molar-refractivity contribution in [2.45, 2.75) is 11.9 Å². The zero-order valence-electron chi connectivity index (χ0n) is 23.7. The van der Waals surface area contributed by atoms with Crippen LogP contribution < -0.4 is 10.2 Å². The lowest BCUT2D eigenvalue weighted by atomic mass is 10.1. The Labute approximate surface area is 280 Å². The number of anilines is 4.